The molecule has 0 radical (unpaired) electrons. The van der Waals surface area contributed by atoms with E-state index >= 15 is 0 Å². The molecule has 16 heteroatoms. The van der Waals surface area contributed by atoms with Crippen LogP contribution >= 0.6 is 0 Å². The summed E-state index contributed by atoms with van der Waals surface area (Å²) in [5, 5.41) is 1.14. The van der Waals surface area contributed by atoms with Crippen LogP contribution in [-0.4, -0.2) is 63.9 Å². The van der Waals surface area contributed by atoms with Crippen LogP contribution in [0.15, 0.2) is 46.7 Å². The van der Waals surface area contributed by atoms with Gasteiger partial charge in [-0.25, -0.2) is 8.42 Å². The minimum atomic E-state index is -4.84. The largest absolute Gasteiger partial charge is 1.00 e. The van der Waals surface area contributed by atoms with Gasteiger partial charge in [-0.3, -0.25) is 8.37 Å². The van der Waals surface area contributed by atoms with Crippen molar-refractivity contribution in [3.63, 3.8) is 0 Å². The van der Waals surface area contributed by atoms with E-state index in [2.05, 4.69) is 0 Å². The van der Waals surface area contributed by atoms with Gasteiger partial charge in [-0.15, -0.1) is 0 Å². The van der Waals surface area contributed by atoms with Gasteiger partial charge in [0, 0.05) is 12.2 Å². The van der Waals surface area contributed by atoms with Gasteiger partial charge in [-0.05, 0) is 23.9 Å². The van der Waals surface area contributed by atoms with Gasteiger partial charge < -0.3 is 13.4 Å². The van der Waals surface area contributed by atoms with E-state index < -0.39 is 74.5 Å². The first kappa shape index (κ1) is 29.4. The fourth-order valence-electron chi connectivity index (χ4n) is 3.04. The Morgan fingerprint density at radius 3 is 2.15 bits per heavy atom. The molecule has 11 nitrogen and oxygen atoms in total. The molecule has 0 spiro atoms. The normalized spacial score (nSPS) is 18.0. The molecule has 0 N–H and O–H groups in total. The van der Waals surface area contributed by atoms with E-state index in [1.165, 1.54) is 19.2 Å². The summed E-state index contributed by atoms with van der Waals surface area (Å²) in [6.07, 6.45) is 0. The van der Waals surface area contributed by atoms with Crippen LogP contribution in [0.3, 0.4) is 0 Å². The van der Waals surface area contributed by atoms with Gasteiger partial charge in [0.1, 0.15) is 5.76 Å². The third kappa shape index (κ3) is 7.33. The summed E-state index contributed by atoms with van der Waals surface area (Å²) in [5.41, 5.74) is 0.116. The molecule has 2 aromatic rings. The predicted octanol–water partition coefficient (Wildman–Crippen LogP) is -1.54. The molecule has 2 aromatic carbocycles. The Hall–Kier alpha value is -0.853. The monoisotopic (exact) mass is 560 g/mol. The molecule has 1 fully saturated rings. The van der Waals surface area contributed by atoms with Crippen molar-refractivity contribution in [1.29, 1.82) is 0 Å². The van der Waals surface area contributed by atoms with E-state index in [9.17, 15) is 29.8 Å². The van der Waals surface area contributed by atoms with Crippen LogP contribution in [0, 0.1) is 0 Å². The Balaban J connectivity index is 0.00000408. The van der Waals surface area contributed by atoms with E-state index in [1.807, 2.05) is 0 Å². The molecule has 3 rings (SSSR count). The molecule has 1 saturated heterocycles. The summed E-state index contributed by atoms with van der Waals surface area (Å²) in [7, 11) is -17.7. The van der Waals surface area contributed by atoms with Gasteiger partial charge in [0.25, 0.3) is 4.24 Å². The van der Waals surface area contributed by atoms with Crippen LogP contribution in [-0.2, 0) is 47.6 Å². The Labute approximate surface area is 221 Å². The topological polar surface area (TPSA) is 162 Å². The molecule has 1 heterocycles. The Bertz CT molecular complexity index is 1360. The predicted molar refractivity (Wildman–Crippen MR) is 120 cm³/mol. The Morgan fingerprint density at radius 1 is 1.00 bits per heavy atom. The van der Waals surface area contributed by atoms with Gasteiger partial charge in [0.2, 0.25) is 0 Å². The van der Waals surface area contributed by atoms with Crippen LogP contribution in [0.2, 0.25) is 13.1 Å². The number of hydrogen-bond donors (Lipinski definition) is 0. The third-order valence-corrected chi connectivity index (χ3v) is 10.1. The zero-order valence-electron chi connectivity index (χ0n) is 18.6. The van der Waals surface area contributed by atoms with Crippen molar-refractivity contribution in [3.8, 4) is 0 Å². The smallest absolute Gasteiger partial charge is 0.748 e. The second-order valence-corrected chi connectivity index (χ2v) is 15.5. The minimum absolute atomic E-state index is 0. The molecular weight excluding hydrogens is 539 g/mol. The molecule has 0 unspecified atom stereocenters. The van der Waals surface area contributed by atoms with Crippen molar-refractivity contribution in [2.24, 2.45) is 0 Å². The van der Waals surface area contributed by atoms with E-state index in [0.29, 0.717) is 10.8 Å². The third-order valence-electron chi connectivity index (χ3n) is 4.36. The second kappa shape index (κ2) is 11.0. The van der Waals surface area contributed by atoms with Gasteiger partial charge in [-0.1, -0.05) is 42.5 Å². The average molecular weight is 561 g/mol. The first-order valence-electron chi connectivity index (χ1n) is 9.50. The number of hydrogen-bond acceptors (Lipinski definition) is 11. The van der Waals surface area contributed by atoms with Crippen LogP contribution in [0.1, 0.15) is 5.56 Å². The molecule has 0 atom stereocenters. The van der Waals surface area contributed by atoms with Crippen molar-refractivity contribution in [1.82, 2.24) is 0 Å². The van der Waals surface area contributed by atoms with E-state index in [-0.39, 0.29) is 35.1 Å². The fraction of sp³-hybridized carbons (Fsp3) is 0.333. The fourth-order valence-corrected chi connectivity index (χ4v) is 7.82. The van der Waals surface area contributed by atoms with Gasteiger partial charge in [0.05, 0.1) is 29.1 Å². The molecule has 182 valence electrons. The van der Waals surface area contributed by atoms with Gasteiger partial charge >= 0.3 is 58.4 Å². The zero-order chi connectivity index (χ0) is 24.5. The van der Waals surface area contributed by atoms with Gasteiger partial charge in [0.15, 0.2) is 0 Å². The quantitative estimate of drug-likeness (QED) is 0.167. The SMILES string of the molecule is C[Si](C)(OCCS(=O)(=O)[O-])OC(=C1S(=O)(=O)OCCOS1(=O)=O)c1cccc2ccccc12.[Na+]. The van der Waals surface area contributed by atoms with Crippen molar-refractivity contribution < 1.29 is 76.6 Å². The molecule has 0 aromatic heterocycles. The maximum Gasteiger partial charge on any atom is 1.00 e. The van der Waals surface area contributed by atoms with Crippen LogP contribution < -0.4 is 29.6 Å². The summed E-state index contributed by atoms with van der Waals surface area (Å²) < 4.78 is 104. The second-order valence-electron chi connectivity index (χ2n) is 7.31. The molecule has 34 heavy (non-hydrogen) atoms. The first-order valence-corrected chi connectivity index (χ1v) is 16.7. The van der Waals surface area contributed by atoms with E-state index in [0.717, 1.165) is 0 Å². The van der Waals surface area contributed by atoms with Crippen molar-refractivity contribution in [2.75, 3.05) is 25.6 Å². The molecule has 0 saturated carbocycles. The van der Waals surface area contributed by atoms with Crippen LogP contribution in [0.25, 0.3) is 16.5 Å². The van der Waals surface area contributed by atoms with Gasteiger partial charge in [-0.2, -0.15) is 16.8 Å². The minimum Gasteiger partial charge on any atom is -0.748 e. The number of fused-ring (bicyclic) bond motifs is 1. The average Bonchev–Trinajstić information content (AvgIpc) is 2.79. The molecule has 1 aliphatic rings. The van der Waals surface area contributed by atoms with Crippen LogP contribution in [0.5, 0.6) is 0 Å². The maximum atomic E-state index is 12.8. The Morgan fingerprint density at radius 2 is 1.56 bits per heavy atom. The molecular formula is C18H21NaO11S3Si. The summed E-state index contributed by atoms with van der Waals surface area (Å²) in [6.45, 7) is 1.32. The summed E-state index contributed by atoms with van der Waals surface area (Å²) in [4.78, 5) is 0. The summed E-state index contributed by atoms with van der Waals surface area (Å²) in [6, 6.07) is 11.6. The standard InChI is InChI=1S/C18H22O11S3Si.Na/c1-33(2,28-12-13-30(19,20)21)29-17(16-9-5-7-14-6-3-4-8-15(14)16)18-31(22,23)26-10-11-27-32(18,24)25;/h3-9H,10-13H2,1-2H3,(H,19,20,21);/q;+1/p-1. The first-order chi connectivity index (χ1) is 15.2. The van der Waals surface area contributed by atoms with Crippen molar-refractivity contribution >= 4 is 55.4 Å². The van der Waals surface area contributed by atoms with Crippen LogP contribution in [0.4, 0.5) is 0 Å². The molecule has 0 amide bonds. The van der Waals surface area contributed by atoms with E-state index in [4.69, 9.17) is 17.2 Å². The van der Waals surface area contributed by atoms with E-state index in [1.54, 1.807) is 36.4 Å². The molecule has 0 bridgehead atoms. The number of rotatable bonds is 7. The zero-order valence-corrected chi connectivity index (χ0v) is 24.0. The molecule has 1 aliphatic heterocycles. The maximum absolute atomic E-state index is 12.8. The molecule has 0 aliphatic carbocycles. The number of benzene rings is 2. The summed E-state index contributed by atoms with van der Waals surface area (Å²) >= 11 is 0. The summed E-state index contributed by atoms with van der Waals surface area (Å²) in [5.74, 6) is -1.41. The van der Waals surface area contributed by atoms with Crippen molar-refractivity contribution in [2.45, 2.75) is 13.1 Å². The van der Waals surface area contributed by atoms with Crippen molar-refractivity contribution in [3.05, 3.63) is 52.3 Å². The Kier molecular flexibility index (Phi) is 9.54.